The summed E-state index contributed by atoms with van der Waals surface area (Å²) in [5, 5.41) is 12.8. The highest BCUT2D eigenvalue weighted by Gasteiger charge is 2.10. The van der Waals surface area contributed by atoms with Crippen molar-refractivity contribution in [3.8, 4) is 0 Å². The molecule has 0 radical (unpaired) electrons. The SMILES string of the molecule is O=C(O)CC/C(=N/NC(=O)c1ccco1)c1ccccc1. The quantitative estimate of drug-likeness (QED) is 0.629. The summed E-state index contributed by atoms with van der Waals surface area (Å²) in [6.45, 7) is 0. The summed E-state index contributed by atoms with van der Waals surface area (Å²) in [4.78, 5) is 22.5. The fourth-order valence-electron chi connectivity index (χ4n) is 1.70. The number of carbonyl (C=O) groups excluding carboxylic acids is 1. The molecule has 0 aliphatic rings. The van der Waals surface area contributed by atoms with Gasteiger partial charge in [0, 0.05) is 6.42 Å². The van der Waals surface area contributed by atoms with Crippen molar-refractivity contribution in [2.75, 3.05) is 0 Å². The van der Waals surface area contributed by atoms with Gasteiger partial charge in [-0.05, 0) is 17.7 Å². The maximum absolute atomic E-state index is 11.8. The van der Waals surface area contributed by atoms with E-state index in [0.717, 1.165) is 5.56 Å². The molecule has 2 N–H and O–H groups in total. The van der Waals surface area contributed by atoms with Crippen LogP contribution >= 0.6 is 0 Å². The van der Waals surface area contributed by atoms with Crippen molar-refractivity contribution in [2.45, 2.75) is 12.8 Å². The highest BCUT2D eigenvalue weighted by molar-refractivity contribution is 6.02. The number of carboxylic acid groups (broad SMARTS) is 1. The Morgan fingerprint density at radius 3 is 2.48 bits per heavy atom. The predicted octanol–water partition coefficient (Wildman–Crippen LogP) is 2.28. The molecule has 0 unspecified atom stereocenters. The van der Waals surface area contributed by atoms with Crippen LogP contribution in [0.4, 0.5) is 0 Å². The summed E-state index contributed by atoms with van der Waals surface area (Å²) in [5.41, 5.74) is 3.63. The summed E-state index contributed by atoms with van der Waals surface area (Å²) < 4.78 is 4.96. The maximum Gasteiger partial charge on any atom is 0.307 e. The van der Waals surface area contributed by atoms with Gasteiger partial charge in [0.1, 0.15) is 0 Å². The second-order valence-electron chi connectivity index (χ2n) is 4.24. The number of hydrazone groups is 1. The molecular formula is C15H14N2O4. The van der Waals surface area contributed by atoms with Crippen LogP contribution in [0.2, 0.25) is 0 Å². The van der Waals surface area contributed by atoms with E-state index in [1.54, 1.807) is 18.2 Å². The zero-order valence-electron chi connectivity index (χ0n) is 11.2. The number of benzene rings is 1. The third-order valence-electron chi connectivity index (χ3n) is 2.72. The van der Waals surface area contributed by atoms with Gasteiger partial charge in [-0.1, -0.05) is 30.3 Å². The molecule has 0 atom stereocenters. The monoisotopic (exact) mass is 286 g/mol. The van der Waals surface area contributed by atoms with Crippen LogP contribution in [-0.2, 0) is 4.79 Å². The van der Waals surface area contributed by atoms with Gasteiger partial charge in [0.15, 0.2) is 5.76 Å². The highest BCUT2D eigenvalue weighted by atomic mass is 16.4. The van der Waals surface area contributed by atoms with Crippen molar-refractivity contribution in [3.05, 3.63) is 60.1 Å². The van der Waals surface area contributed by atoms with Crippen molar-refractivity contribution in [2.24, 2.45) is 5.10 Å². The first-order valence-corrected chi connectivity index (χ1v) is 6.34. The van der Waals surface area contributed by atoms with Crippen LogP contribution in [-0.4, -0.2) is 22.7 Å². The van der Waals surface area contributed by atoms with Gasteiger partial charge in [-0.2, -0.15) is 5.10 Å². The van der Waals surface area contributed by atoms with Crippen LogP contribution in [0.25, 0.3) is 0 Å². The number of hydrogen-bond donors (Lipinski definition) is 2. The first-order valence-electron chi connectivity index (χ1n) is 6.34. The second-order valence-corrected chi connectivity index (χ2v) is 4.24. The normalized spacial score (nSPS) is 11.1. The zero-order valence-corrected chi connectivity index (χ0v) is 11.2. The molecule has 1 amide bonds. The van der Waals surface area contributed by atoms with Crippen molar-refractivity contribution in [1.82, 2.24) is 5.43 Å². The molecule has 0 saturated heterocycles. The van der Waals surface area contributed by atoms with Crippen LogP contribution in [0.5, 0.6) is 0 Å². The number of nitrogens with zero attached hydrogens (tertiary/aromatic N) is 1. The number of hydrogen-bond acceptors (Lipinski definition) is 4. The molecule has 2 rings (SSSR count). The molecule has 0 aliphatic carbocycles. The van der Waals surface area contributed by atoms with Gasteiger partial charge in [0.2, 0.25) is 0 Å². The number of rotatable bonds is 6. The van der Waals surface area contributed by atoms with Gasteiger partial charge >= 0.3 is 11.9 Å². The number of nitrogens with one attached hydrogen (secondary N) is 1. The maximum atomic E-state index is 11.8. The fraction of sp³-hybridized carbons (Fsp3) is 0.133. The largest absolute Gasteiger partial charge is 0.481 e. The van der Waals surface area contributed by atoms with Crippen molar-refractivity contribution in [3.63, 3.8) is 0 Å². The molecule has 6 heteroatoms. The Kier molecular flexibility index (Phi) is 4.87. The summed E-state index contributed by atoms with van der Waals surface area (Å²) in [6.07, 6.45) is 1.54. The van der Waals surface area contributed by atoms with E-state index in [1.165, 1.54) is 12.3 Å². The Hall–Kier alpha value is -2.89. The summed E-state index contributed by atoms with van der Waals surface area (Å²) >= 11 is 0. The first kappa shape index (κ1) is 14.5. The molecule has 0 bridgehead atoms. The van der Waals surface area contributed by atoms with Gasteiger partial charge in [0.25, 0.3) is 0 Å². The lowest BCUT2D eigenvalue weighted by molar-refractivity contribution is -0.136. The smallest absolute Gasteiger partial charge is 0.307 e. The minimum absolute atomic E-state index is 0.0651. The average Bonchev–Trinajstić information content (AvgIpc) is 3.02. The van der Waals surface area contributed by atoms with Crippen molar-refractivity contribution < 1.29 is 19.1 Å². The van der Waals surface area contributed by atoms with Gasteiger partial charge < -0.3 is 9.52 Å². The average molecular weight is 286 g/mol. The molecule has 0 fully saturated rings. The molecule has 108 valence electrons. The van der Waals surface area contributed by atoms with Crippen LogP contribution in [0.3, 0.4) is 0 Å². The van der Waals surface area contributed by atoms with E-state index in [1.807, 2.05) is 18.2 Å². The van der Waals surface area contributed by atoms with Crippen LogP contribution in [0.15, 0.2) is 58.2 Å². The molecule has 1 aromatic carbocycles. The van der Waals surface area contributed by atoms with E-state index in [4.69, 9.17) is 9.52 Å². The molecule has 0 spiro atoms. The van der Waals surface area contributed by atoms with E-state index < -0.39 is 11.9 Å². The number of aliphatic carboxylic acids is 1. The Labute approximate surface area is 121 Å². The molecule has 0 aliphatic heterocycles. The lowest BCUT2D eigenvalue weighted by atomic mass is 10.1. The van der Waals surface area contributed by atoms with E-state index in [9.17, 15) is 9.59 Å². The minimum atomic E-state index is -0.920. The van der Waals surface area contributed by atoms with Gasteiger partial charge in [-0.3, -0.25) is 9.59 Å². The predicted molar refractivity (Wildman–Crippen MR) is 76.0 cm³/mol. The summed E-state index contributed by atoms with van der Waals surface area (Å²) in [6, 6.07) is 12.2. The third-order valence-corrected chi connectivity index (χ3v) is 2.72. The van der Waals surface area contributed by atoms with E-state index in [-0.39, 0.29) is 18.6 Å². The number of carboxylic acids is 1. The van der Waals surface area contributed by atoms with Crippen LogP contribution in [0.1, 0.15) is 29.0 Å². The Morgan fingerprint density at radius 1 is 1.10 bits per heavy atom. The fourth-order valence-corrected chi connectivity index (χ4v) is 1.70. The summed E-state index contributed by atoms with van der Waals surface area (Å²) in [7, 11) is 0. The molecule has 0 saturated carbocycles. The van der Waals surface area contributed by atoms with Crippen molar-refractivity contribution in [1.29, 1.82) is 0 Å². The zero-order chi connectivity index (χ0) is 15.1. The molecule has 6 nitrogen and oxygen atoms in total. The standard InChI is InChI=1S/C15H14N2O4/c18-14(19)9-8-12(11-5-2-1-3-6-11)16-17-15(20)13-7-4-10-21-13/h1-7,10H,8-9H2,(H,17,20)(H,18,19)/b16-12-. The van der Waals surface area contributed by atoms with Crippen molar-refractivity contribution >= 4 is 17.6 Å². The molecule has 1 aromatic heterocycles. The first-order chi connectivity index (χ1) is 10.2. The van der Waals surface area contributed by atoms with Gasteiger partial charge in [-0.25, -0.2) is 5.43 Å². The minimum Gasteiger partial charge on any atom is -0.481 e. The highest BCUT2D eigenvalue weighted by Crippen LogP contribution is 2.07. The van der Waals surface area contributed by atoms with Crippen LogP contribution < -0.4 is 5.43 Å². The van der Waals surface area contributed by atoms with E-state index in [0.29, 0.717) is 5.71 Å². The second kappa shape index (κ2) is 7.04. The summed E-state index contributed by atoms with van der Waals surface area (Å²) in [5.74, 6) is -1.26. The molecule has 1 heterocycles. The molecule has 2 aromatic rings. The lowest BCUT2D eigenvalue weighted by Crippen LogP contribution is -2.20. The number of amides is 1. The topological polar surface area (TPSA) is 91.9 Å². The van der Waals surface area contributed by atoms with E-state index >= 15 is 0 Å². The molecular weight excluding hydrogens is 272 g/mol. The Morgan fingerprint density at radius 2 is 1.86 bits per heavy atom. The van der Waals surface area contributed by atoms with Gasteiger partial charge in [-0.15, -0.1) is 0 Å². The lowest BCUT2D eigenvalue weighted by Gasteiger charge is -2.05. The Bertz CT molecular complexity index is 633. The van der Waals surface area contributed by atoms with Crippen LogP contribution in [0, 0.1) is 0 Å². The Balaban J connectivity index is 2.12. The van der Waals surface area contributed by atoms with Gasteiger partial charge in [0.05, 0.1) is 18.4 Å². The number of furan rings is 1. The number of carbonyl (C=O) groups is 2. The van der Waals surface area contributed by atoms with E-state index in [2.05, 4.69) is 10.5 Å². The molecule has 21 heavy (non-hydrogen) atoms. The third kappa shape index (κ3) is 4.31.